The highest BCUT2D eigenvalue weighted by atomic mass is 19.1. The highest BCUT2D eigenvalue weighted by molar-refractivity contribution is 5.68. The van der Waals surface area contributed by atoms with Crippen molar-refractivity contribution in [2.75, 3.05) is 57.3 Å². The van der Waals surface area contributed by atoms with Crippen molar-refractivity contribution in [3.8, 4) is 5.75 Å². The molecular formula is C23H36FN3O3. The fraction of sp³-hybridized carbons (Fsp3) is 0.696. The van der Waals surface area contributed by atoms with Gasteiger partial charge in [-0.3, -0.25) is 0 Å². The van der Waals surface area contributed by atoms with Gasteiger partial charge in [-0.2, -0.15) is 0 Å². The lowest BCUT2D eigenvalue weighted by atomic mass is 10.1. The van der Waals surface area contributed by atoms with Crippen LogP contribution < -0.4 is 9.64 Å². The molecule has 2 aliphatic rings. The summed E-state index contributed by atoms with van der Waals surface area (Å²) in [5, 5.41) is 0. The lowest BCUT2D eigenvalue weighted by Gasteiger charge is -2.36. The summed E-state index contributed by atoms with van der Waals surface area (Å²) in [6, 6.07) is 5.14. The molecule has 1 amide bonds. The lowest BCUT2D eigenvalue weighted by Crippen LogP contribution is -2.50. The molecule has 0 bridgehead atoms. The molecule has 6 nitrogen and oxygen atoms in total. The highest BCUT2D eigenvalue weighted by Gasteiger charge is 2.26. The number of carbonyl (C=O) groups is 1. The van der Waals surface area contributed by atoms with Crippen LogP contribution in [-0.2, 0) is 4.74 Å². The molecule has 0 radical (unpaired) electrons. The average Bonchev–Trinajstić information content (AvgIpc) is 2.72. The van der Waals surface area contributed by atoms with E-state index >= 15 is 0 Å². The van der Waals surface area contributed by atoms with Gasteiger partial charge in [0.25, 0.3) is 0 Å². The Morgan fingerprint density at radius 2 is 1.73 bits per heavy atom. The van der Waals surface area contributed by atoms with Gasteiger partial charge < -0.3 is 24.2 Å². The van der Waals surface area contributed by atoms with E-state index in [1.54, 1.807) is 11.0 Å². The molecule has 0 aliphatic carbocycles. The fourth-order valence-electron chi connectivity index (χ4n) is 3.93. The Bertz CT molecular complexity index is 693. The molecule has 2 aliphatic heterocycles. The Morgan fingerprint density at radius 1 is 1.03 bits per heavy atom. The van der Waals surface area contributed by atoms with E-state index in [1.807, 2.05) is 26.8 Å². The number of halogens is 1. The van der Waals surface area contributed by atoms with Crippen molar-refractivity contribution in [2.45, 2.75) is 52.1 Å². The normalized spacial score (nSPS) is 18.4. The van der Waals surface area contributed by atoms with Crippen LogP contribution in [-0.4, -0.2) is 73.9 Å². The van der Waals surface area contributed by atoms with E-state index in [0.29, 0.717) is 38.5 Å². The van der Waals surface area contributed by atoms with Gasteiger partial charge in [-0.05, 0) is 65.3 Å². The summed E-state index contributed by atoms with van der Waals surface area (Å²) in [5.41, 5.74) is 0.318. The predicted molar refractivity (Wildman–Crippen MR) is 117 cm³/mol. The maximum atomic E-state index is 14.5. The van der Waals surface area contributed by atoms with Crippen molar-refractivity contribution in [1.29, 1.82) is 0 Å². The van der Waals surface area contributed by atoms with Gasteiger partial charge in [0, 0.05) is 44.5 Å². The first-order chi connectivity index (χ1) is 14.3. The smallest absolute Gasteiger partial charge is 0.410 e. The van der Waals surface area contributed by atoms with Crippen molar-refractivity contribution in [3.05, 3.63) is 24.0 Å². The molecule has 30 heavy (non-hydrogen) atoms. The number of ether oxygens (including phenoxy) is 2. The van der Waals surface area contributed by atoms with Gasteiger partial charge in [-0.1, -0.05) is 6.42 Å². The number of piperidine rings is 1. The first-order valence-electron chi connectivity index (χ1n) is 11.2. The van der Waals surface area contributed by atoms with E-state index in [4.69, 9.17) is 9.47 Å². The molecular weight excluding hydrogens is 385 g/mol. The maximum Gasteiger partial charge on any atom is 0.410 e. The topological polar surface area (TPSA) is 45.3 Å². The Balaban J connectivity index is 1.43. The molecule has 1 aromatic rings. The zero-order valence-electron chi connectivity index (χ0n) is 18.7. The van der Waals surface area contributed by atoms with Crippen molar-refractivity contribution < 1.29 is 18.7 Å². The zero-order chi connectivity index (χ0) is 21.6. The predicted octanol–water partition coefficient (Wildman–Crippen LogP) is 4.14. The van der Waals surface area contributed by atoms with Crippen LogP contribution in [0.3, 0.4) is 0 Å². The minimum Gasteiger partial charge on any atom is -0.490 e. The van der Waals surface area contributed by atoms with Gasteiger partial charge >= 0.3 is 6.09 Å². The number of likely N-dealkylation sites (tertiary alicyclic amines) is 1. The van der Waals surface area contributed by atoms with Crippen molar-refractivity contribution in [3.63, 3.8) is 0 Å². The molecule has 7 heteroatoms. The Morgan fingerprint density at radius 3 is 2.37 bits per heavy atom. The summed E-state index contributed by atoms with van der Waals surface area (Å²) < 4.78 is 25.6. The Hall–Kier alpha value is -2.02. The number of piperazine rings is 1. The molecule has 0 aromatic heterocycles. The minimum absolute atomic E-state index is 0.290. The number of benzene rings is 1. The minimum atomic E-state index is -0.499. The summed E-state index contributed by atoms with van der Waals surface area (Å²) >= 11 is 0. The van der Waals surface area contributed by atoms with Crippen LogP contribution in [0, 0.1) is 5.82 Å². The summed E-state index contributed by atoms with van der Waals surface area (Å²) in [6.07, 6.45) is 4.52. The van der Waals surface area contributed by atoms with Crippen LogP contribution in [0.1, 0.15) is 46.5 Å². The first-order valence-corrected chi connectivity index (χ1v) is 11.2. The second kappa shape index (κ2) is 10.3. The molecule has 168 valence electrons. The Labute approximate surface area is 179 Å². The van der Waals surface area contributed by atoms with E-state index < -0.39 is 5.60 Å². The fourth-order valence-corrected chi connectivity index (χ4v) is 3.93. The number of rotatable bonds is 6. The third-order valence-electron chi connectivity index (χ3n) is 5.54. The lowest BCUT2D eigenvalue weighted by molar-refractivity contribution is 0.0240. The molecule has 2 saturated heterocycles. The van der Waals surface area contributed by atoms with E-state index in [1.165, 1.54) is 38.4 Å². The van der Waals surface area contributed by atoms with Gasteiger partial charge in [0.1, 0.15) is 5.60 Å². The van der Waals surface area contributed by atoms with E-state index in [9.17, 15) is 9.18 Å². The van der Waals surface area contributed by atoms with Crippen LogP contribution in [0.4, 0.5) is 14.9 Å². The summed E-state index contributed by atoms with van der Waals surface area (Å²) in [5.74, 6) is -0.0233. The molecule has 2 heterocycles. The number of anilines is 1. The summed E-state index contributed by atoms with van der Waals surface area (Å²) in [4.78, 5) is 18.4. The number of hydrogen-bond donors (Lipinski definition) is 0. The van der Waals surface area contributed by atoms with E-state index in [2.05, 4.69) is 9.80 Å². The zero-order valence-corrected chi connectivity index (χ0v) is 18.7. The quantitative estimate of drug-likeness (QED) is 0.646. The van der Waals surface area contributed by atoms with Crippen LogP contribution in [0.15, 0.2) is 18.2 Å². The molecule has 1 aromatic carbocycles. The SMILES string of the molecule is CC(C)(C)OC(=O)N1CCN(c2ccc(OCCCN3CCCCC3)c(F)c2)CC1. The van der Waals surface area contributed by atoms with Crippen molar-refractivity contribution >= 4 is 11.8 Å². The average molecular weight is 422 g/mol. The second-order valence-corrected chi connectivity index (χ2v) is 9.17. The number of carbonyl (C=O) groups excluding carboxylic acids is 1. The molecule has 0 unspecified atom stereocenters. The molecule has 3 rings (SSSR count). The largest absolute Gasteiger partial charge is 0.490 e. The summed E-state index contributed by atoms with van der Waals surface area (Å²) in [6.45, 7) is 11.9. The molecule has 0 N–H and O–H groups in total. The molecule has 0 atom stereocenters. The number of amides is 1. The van der Waals surface area contributed by atoms with Gasteiger partial charge in [0.15, 0.2) is 11.6 Å². The maximum absolute atomic E-state index is 14.5. The van der Waals surface area contributed by atoms with Crippen molar-refractivity contribution in [1.82, 2.24) is 9.80 Å². The van der Waals surface area contributed by atoms with Crippen LogP contribution in [0.2, 0.25) is 0 Å². The van der Waals surface area contributed by atoms with Crippen molar-refractivity contribution in [2.24, 2.45) is 0 Å². The van der Waals surface area contributed by atoms with Crippen LogP contribution >= 0.6 is 0 Å². The van der Waals surface area contributed by atoms with E-state index in [-0.39, 0.29) is 11.9 Å². The number of hydrogen-bond acceptors (Lipinski definition) is 5. The second-order valence-electron chi connectivity index (χ2n) is 9.17. The van der Waals surface area contributed by atoms with E-state index in [0.717, 1.165) is 18.7 Å². The third-order valence-corrected chi connectivity index (χ3v) is 5.54. The molecule has 0 spiro atoms. The first kappa shape index (κ1) is 22.7. The van der Waals surface area contributed by atoms with Crippen LogP contribution in [0.25, 0.3) is 0 Å². The standard InChI is InChI=1S/C23H36FN3O3/c1-23(2,3)30-22(28)27-15-13-26(14-16-27)19-8-9-21(20(24)18-19)29-17-7-12-25-10-5-4-6-11-25/h8-9,18H,4-7,10-17H2,1-3H3. The van der Waals surface area contributed by atoms with Gasteiger partial charge in [0.2, 0.25) is 0 Å². The highest BCUT2D eigenvalue weighted by Crippen LogP contribution is 2.25. The number of nitrogens with zero attached hydrogens (tertiary/aromatic N) is 3. The molecule has 2 fully saturated rings. The Kier molecular flexibility index (Phi) is 7.81. The third kappa shape index (κ3) is 6.76. The van der Waals surface area contributed by atoms with Gasteiger partial charge in [0.05, 0.1) is 6.61 Å². The van der Waals surface area contributed by atoms with Gasteiger partial charge in [-0.25, -0.2) is 9.18 Å². The van der Waals surface area contributed by atoms with Gasteiger partial charge in [-0.15, -0.1) is 0 Å². The monoisotopic (exact) mass is 421 g/mol. The summed E-state index contributed by atoms with van der Waals surface area (Å²) in [7, 11) is 0. The molecule has 0 saturated carbocycles. The van der Waals surface area contributed by atoms with Crippen LogP contribution in [0.5, 0.6) is 5.75 Å².